The van der Waals surface area contributed by atoms with E-state index in [-0.39, 0.29) is 17.3 Å². The molecule has 0 bridgehead atoms. The molecule has 62 heavy (non-hydrogen) atoms. The third-order valence-corrected chi connectivity index (χ3v) is 11.7. The molecular weight excluding hydrogens is 793 g/mol. The van der Waals surface area contributed by atoms with E-state index >= 15 is 0 Å². The molecule has 0 aliphatic carbocycles. The Morgan fingerprint density at radius 2 is 1.29 bits per heavy atom. The molecule has 6 heterocycles. The molecule has 7 aromatic rings. The molecular formula is C44H50N12O6. The van der Waals surface area contributed by atoms with Gasteiger partial charge in [-0.15, -0.1) is 0 Å². The number of imidazole rings is 2. The Morgan fingerprint density at radius 1 is 0.710 bits per heavy atom. The average Bonchev–Trinajstić information content (AvgIpc) is 3.91. The van der Waals surface area contributed by atoms with Gasteiger partial charge in [0.05, 0.1) is 25.3 Å². The lowest BCUT2D eigenvalue weighted by Crippen LogP contribution is -2.44. The molecule has 18 nitrogen and oxygen atoms in total. The standard InChI is InChI=1S/C24H26N6O2.C20H24N6O4/c1-27-21-20(22(31)28(2)24(27)32)30(23(26-21)29-14-12-25-13-15-29)16-18-10-6-7-11-19(18)17-8-4-3-5-9-17;1-12(13-4-6-14(7-5-13)18(28)30-3)26-15-16(24(2)20(29)23-17(15)27)22-19(26)25-10-8-21-9-11-25/h3-11,25H,12-16H2,1-2H3;4-7,12,21H,8-11H2,1-3H3,(H,23,27,29). The molecule has 18 heteroatoms. The van der Waals surface area contributed by atoms with Gasteiger partial charge in [0.15, 0.2) is 22.3 Å². The fraction of sp³-hybridized carbons (Fsp3) is 0.341. The number of aromatic amines is 1. The number of aryl methyl sites for hydroxylation is 2. The van der Waals surface area contributed by atoms with Gasteiger partial charge < -0.3 is 25.2 Å². The van der Waals surface area contributed by atoms with Gasteiger partial charge in [-0.1, -0.05) is 66.7 Å². The molecule has 2 aliphatic rings. The number of nitrogens with zero attached hydrogens (tertiary/aromatic N) is 9. The van der Waals surface area contributed by atoms with Gasteiger partial charge in [-0.25, -0.2) is 14.4 Å². The summed E-state index contributed by atoms with van der Waals surface area (Å²) in [4.78, 5) is 78.6. The van der Waals surface area contributed by atoms with E-state index in [2.05, 4.69) is 49.7 Å². The summed E-state index contributed by atoms with van der Waals surface area (Å²) in [5, 5.41) is 6.67. The fourth-order valence-corrected chi connectivity index (χ4v) is 8.23. The average molecular weight is 843 g/mol. The van der Waals surface area contributed by atoms with Crippen LogP contribution in [0.25, 0.3) is 33.5 Å². The van der Waals surface area contributed by atoms with E-state index in [1.54, 1.807) is 26.2 Å². The Balaban J connectivity index is 0.000000171. The monoisotopic (exact) mass is 842 g/mol. The Bertz CT molecular complexity index is 3000. The topological polar surface area (TPSA) is 191 Å². The number of benzene rings is 3. The lowest BCUT2D eigenvalue weighted by molar-refractivity contribution is 0.0600. The number of carbonyl (C=O) groups excluding carboxylic acids is 1. The number of nitrogens with one attached hydrogen (secondary N) is 3. The van der Waals surface area contributed by atoms with Crippen LogP contribution in [0.4, 0.5) is 11.9 Å². The summed E-state index contributed by atoms with van der Waals surface area (Å²) < 4.78 is 12.6. The number of methoxy groups -OCH3 is 1. The minimum atomic E-state index is -0.501. The van der Waals surface area contributed by atoms with E-state index in [9.17, 15) is 24.0 Å². The van der Waals surface area contributed by atoms with Crippen LogP contribution in [0, 0.1) is 0 Å². The molecule has 4 aromatic heterocycles. The molecule has 0 spiro atoms. The molecule has 0 amide bonds. The zero-order valence-corrected chi connectivity index (χ0v) is 35.4. The zero-order chi connectivity index (χ0) is 43.7. The number of esters is 1. The first-order valence-electron chi connectivity index (χ1n) is 20.6. The molecule has 1 atom stereocenters. The third-order valence-electron chi connectivity index (χ3n) is 11.7. The number of ether oxygens (including phenoxy) is 1. The van der Waals surface area contributed by atoms with Crippen molar-refractivity contribution in [2.45, 2.75) is 19.5 Å². The normalized spacial score (nSPS) is 14.8. The van der Waals surface area contributed by atoms with Crippen molar-refractivity contribution >= 4 is 40.2 Å². The zero-order valence-electron chi connectivity index (χ0n) is 35.4. The molecule has 2 fully saturated rings. The van der Waals surface area contributed by atoms with Crippen molar-refractivity contribution in [2.24, 2.45) is 21.1 Å². The molecule has 322 valence electrons. The SMILES string of the molecule is COC(=O)c1ccc(C(C)n2c(N3CCNCC3)nc3c2c(=O)[nH]c(=O)n3C)cc1.Cn1c(=O)c2c(nc(N3CCNCC3)n2Cc2ccccc2-c2ccccc2)n(C)c1=O. The molecule has 3 N–H and O–H groups in total. The highest BCUT2D eigenvalue weighted by molar-refractivity contribution is 5.89. The Morgan fingerprint density at radius 3 is 1.94 bits per heavy atom. The lowest BCUT2D eigenvalue weighted by Gasteiger charge is -2.30. The van der Waals surface area contributed by atoms with Crippen LogP contribution in [-0.2, 0) is 32.4 Å². The maximum Gasteiger partial charge on any atom is 0.337 e. The fourth-order valence-electron chi connectivity index (χ4n) is 8.23. The van der Waals surface area contributed by atoms with Crippen molar-refractivity contribution in [3.8, 4) is 11.1 Å². The number of piperazine rings is 2. The van der Waals surface area contributed by atoms with E-state index in [0.717, 1.165) is 85.1 Å². The molecule has 0 radical (unpaired) electrons. The summed E-state index contributed by atoms with van der Waals surface area (Å²) in [7, 11) is 6.12. The van der Waals surface area contributed by atoms with Crippen LogP contribution in [-0.4, -0.2) is 103 Å². The van der Waals surface area contributed by atoms with Gasteiger partial charge in [0, 0.05) is 73.5 Å². The highest BCUT2D eigenvalue weighted by atomic mass is 16.5. The van der Waals surface area contributed by atoms with Gasteiger partial charge in [-0.2, -0.15) is 9.97 Å². The van der Waals surface area contributed by atoms with Crippen LogP contribution >= 0.6 is 0 Å². The Labute approximate surface area is 355 Å². The quantitative estimate of drug-likeness (QED) is 0.189. The number of carbonyl (C=O) groups is 1. The Hall–Kier alpha value is -7.05. The largest absolute Gasteiger partial charge is 0.465 e. The molecule has 9 rings (SSSR count). The first-order valence-corrected chi connectivity index (χ1v) is 20.6. The van der Waals surface area contributed by atoms with Gasteiger partial charge in [-0.3, -0.25) is 37.4 Å². The van der Waals surface area contributed by atoms with Crippen LogP contribution < -0.4 is 42.9 Å². The van der Waals surface area contributed by atoms with E-state index in [1.165, 1.54) is 23.3 Å². The molecule has 3 aromatic carbocycles. The van der Waals surface area contributed by atoms with Gasteiger partial charge in [-0.05, 0) is 41.3 Å². The summed E-state index contributed by atoms with van der Waals surface area (Å²) in [5.41, 5.74) is 4.56. The minimum Gasteiger partial charge on any atom is -0.465 e. The molecule has 1 unspecified atom stereocenters. The van der Waals surface area contributed by atoms with Crippen LogP contribution in [0.3, 0.4) is 0 Å². The van der Waals surface area contributed by atoms with E-state index in [4.69, 9.17) is 14.7 Å². The number of hydrogen-bond acceptors (Lipinski definition) is 12. The van der Waals surface area contributed by atoms with Gasteiger partial charge in [0.25, 0.3) is 11.1 Å². The van der Waals surface area contributed by atoms with Crippen molar-refractivity contribution in [2.75, 3.05) is 69.3 Å². The number of rotatable bonds is 8. The summed E-state index contributed by atoms with van der Waals surface area (Å²) in [5.74, 6) is 0.959. The second kappa shape index (κ2) is 17.5. The van der Waals surface area contributed by atoms with Gasteiger partial charge >= 0.3 is 17.3 Å². The van der Waals surface area contributed by atoms with Crippen LogP contribution in [0.2, 0.25) is 0 Å². The number of fused-ring (bicyclic) bond motifs is 2. The van der Waals surface area contributed by atoms with Crippen LogP contribution in [0.1, 0.15) is 34.5 Å². The van der Waals surface area contributed by atoms with E-state index in [0.29, 0.717) is 40.4 Å². The van der Waals surface area contributed by atoms with E-state index < -0.39 is 17.2 Å². The third kappa shape index (κ3) is 7.73. The summed E-state index contributed by atoms with van der Waals surface area (Å²) in [6.45, 7) is 8.81. The first-order chi connectivity index (χ1) is 30.0. The first kappa shape index (κ1) is 41.7. The predicted molar refractivity (Wildman–Crippen MR) is 239 cm³/mol. The predicted octanol–water partition coefficient (Wildman–Crippen LogP) is 1.79. The van der Waals surface area contributed by atoms with Crippen LogP contribution in [0.15, 0.2) is 98.0 Å². The maximum absolute atomic E-state index is 13.2. The number of H-pyrrole nitrogens is 1. The molecule has 2 saturated heterocycles. The highest BCUT2D eigenvalue weighted by Crippen LogP contribution is 2.30. The van der Waals surface area contributed by atoms with E-state index in [1.807, 2.05) is 58.5 Å². The van der Waals surface area contributed by atoms with Crippen molar-refractivity contribution in [1.29, 1.82) is 0 Å². The lowest BCUT2D eigenvalue weighted by atomic mass is 10.00. The van der Waals surface area contributed by atoms with Crippen molar-refractivity contribution in [3.63, 3.8) is 0 Å². The van der Waals surface area contributed by atoms with Crippen molar-refractivity contribution in [1.82, 2.24) is 48.4 Å². The summed E-state index contributed by atoms with van der Waals surface area (Å²) in [6.07, 6.45) is 0. The second-order valence-corrected chi connectivity index (χ2v) is 15.4. The number of anilines is 2. The maximum atomic E-state index is 13.2. The summed E-state index contributed by atoms with van der Waals surface area (Å²) >= 11 is 0. The van der Waals surface area contributed by atoms with Crippen LogP contribution in [0.5, 0.6) is 0 Å². The Kier molecular flexibility index (Phi) is 11.8. The molecule has 2 aliphatic heterocycles. The summed E-state index contributed by atoms with van der Waals surface area (Å²) in [6, 6.07) is 25.3. The van der Waals surface area contributed by atoms with Crippen molar-refractivity contribution < 1.29 is 9.53 Å². The number of aromatic nitrogens is 8. The van der Waals surface area contributed by atoms with Crippen molar-refractivity contribution in [3.05, 3.63) is 137 Å². The highest BCUT2D eigenvalue weighted by Gasteiger charge is 2.27. The smallest absolute Gasteiger partial charge is 0.337 e. The number of hydrogen-bond donors (Lipinski definition) is 3. The second-order valence-electron chi connectivity index (χ2n) is 15.4. The molecule has 0 saturated carbocycles. The van der Waals surface area contributed by atoms with Gasteiger partial charge in [0.2, 0.25) is 11.9 Å². The van der Waals surface area contributed by atoms with Gasteiger partial charge in [0.1, 0.15) is 0 Å². The minimum absolute atomic E-state index is 0.259.